The number of aryl methyl sites for hydroxylation is 1. The van der Waals surface area contributed by atoms with Crippen LogP contribution in [0.2, 0.25) is 0 Å². The average molecular weight is 347 g/mol. The lowest BCUT2D eigenvalue weighted by atomic mass is 10.1. The molecule has 0 atom stereocenters. The maximum Gasteiger partial charge on any atom is 0.274 e. The van der Waals surface area contributed by atoms with Crippen molar-refractivity contribution in [3.8, 4) is 0 Å². The van der Waals surface area contributed by atoms with Crippen molar-refractivity contribution in [3.63, 3.8) is 0 Å². The Hall–Kier alpha value is -1.68. The quantitative estimate of drug-likeness (QED) is 0.761. The normalized spacial score (nSPS) is 10.4. The molecule has 3 nitrogen and oxygen atoms in total. The molecule has 0 fully saturated rings. The summed E-state index contributed by atoms with van der Waals surface area (Å²) < 4.78 is 0.982. The molecule has 4 heteroatoms. The van der Waals surface area contributed by atoms with Gasteiger partial charge in [-0.05, 0) is 48.7 Å². The summed E-state index contributed by atoms with van der Waals surface area (Å²) in [6.07, 6.45) is 6.43. The van der Waals surface area contributed by atoms with E-state index in [-0.39, 0.29) is 5.91 Å². The average Bonchev–Trinajstić information content (AvgIpc) is 2.50. The van der Waals surface area contributed by atoms with Crippen LogP contribution in [0.15, 0.2) is 47.1 Å². The molecule has 1 aromatic heterocycles. The van der Waals surface area contributed by atoms with Crippen molar-refractivity contribution >= 4 is 27.5 Å². The Labute approximate surface area is 133 Å². The Bertz CT molecular complexity index is 579. The Balaban J connectivity index is 1.94. The van der Waals surface area contributed by atoms with Crippen LogP contribution in [0, 0.1) is 0 Å². The van der Waals surface area contributed by atoms with E-state index in [4.69, 9.17) is 0 Å². The molecule has 0 bridgehead atoms. The number of halogens is 1. The van der Waals surface area contributed by atoms with Crippen molar-refractivity contribution in [2.75, 3.05) is 5.32 Å². The first-order chi connectivity index (χ1) is 10.2. The first-order valence-electron chi connectivity index (χ1n) is 7.21. The number of nitrogens with zero attached hydrogens (tertiary/aromatic N) is 1. The zero-order chi connectivity index (χ0) is 15.1. The molecule has 0 aliphatic rings. The van der Waals surface area contributed by atoms with E-state index in [1.165, 1.54) is 24.8 Å². The van der Waals surface area contributed by atoms with E-state index in [2.05, 4.69) is 33.2 Å². The van der Waals surface area contributed by atoms with Crippen LogP contribution in [0.25, 0.3) is 0 Å². The lowest BCUT2D eigenvalue weighted by Crippen LogP contribution is -2.13. The SMILES string of the molecule is CCCCCc1ccc(C(=O)Nc2ccc(Br)cc2)nc1. The fourth-order valence-electron chi connectivity index (χ4n) is 2.01. The predicted octanol–water partition coefficient (Wildman–Crippen LogP) is 4.83. The van der Waals surface area contributed by atoms with Crippen molar-refractivity contribution in [3.05, 3.63) is 58.3 Å². The molecule has 0 aliphatic heterocycles. The number of benzene rings is 1. The van der Waals surface area contributed by atoms with Gasteiger partial charge in [-0.1, -0.05) is 41.8 Å². The lowest BCUT2D eigenvalue weighted by Gasteiger charge is -2.06. The first-order valence-corrected chi connectivity index (χ1v) is 8.00. The van der Waals surface area contributed by atoms with Gasteiger partial charge in [-0.15, -0.1) is 0 Å². The molecule has 1 N–H and O–H groups in total. The zero-order valence-corrected chi connectivity index (χ0v) is 13.7. The topological polar surface area (TPSA) is 42.0 Å². The van der Waals surface area contributed by atoms with Gasteiger partial charge < -0.3 is 5.32 Å². The van der Waals surface area contributed by atoms with Gasteiger partial charge >= 0.3 is 0 Å². The minimum absolute atomic E-state index is 0.183. The highest BCUT2D eigenvalue weighted by Crippen LogP contribution is 2.15. The number of nitrogens with one attached hydrogen (secondary N) is 1. The summed E-state index contributed by atoms with van der Waals surface area (Å²) >= 11 is 3.37. The standard InChI is InChI=1S/C17H19BrN2O/c1-2-3-4-5-13-6-11-16(19-12-13)17(21)20-15-9-7-14(18)8-10-15/h6-12H,2-5H2,1H3,(H,20,21). The highest BCUT2D eigenvalue weighted by Gasteiger charge is 2.07. The summed E-state index contributed by atoms with van der Waals surface area (Å²) in [6.45, 7) is 2.19. The third-order valence-corrected chi connectivity index (χ3v) is 3.76. The molecule has 1 amide bonds. The van der Waals surface area contributed by atoms with E-state index < -0.39 is 0 Å². The van der Waals surface area contributed by atoms with Crippen molar-refractivity contribution in [1.29, 1.82) is 0 Å². The van der Waals surface area contributed by atoms with Crippen LogP contribution in [0.5, 0.6) is 0 Å². The fraction of sp³-hybridized carbons (Fsp3) is 0.294. The molecule has 0 spiro atoms. The summed E-state index contributed by atoms with van der Waals surface area (Å²) in [6, 6.07) is 11.2. The van der Waals surface area contributed by atoms with Crippen LogP contribution in [0.1, 0.15) is 42.2 Å². The Morgan fingerprint density at radius 2 is 1.90 bits per heavy atom. The molecule has 0 saturated carbocycles. The van der Waals surface area contributed by atoms with Crippen LogP contribution < -0.4 is 5.32 Å². The number of pyridine rings is 1. The molecule has 0 unspecified atom stereocenters. The Morgan fingerprint density at radius 1 is 1.14 bits per heavy atom. The fourth-order valence-corrected chi connectivity index (χ4v) is 2.28. The number of unbranched alkanes of at least 4 members (excludes halogenated alkanes) is 2. The van der Waals surface area contributed by atoms with Crippen LogP contribution in [0.3, 0.4) is 0 Å². The van der Waals surface area contributed by atoms with Gasteiger partial charge in [0.1, 0.15) is 5.69 Å². The molecule has 2 aromatic rings. The summed E-state index contributed by atoms with van der Waals surface area (Å²) in [4.78, 5) is 16.3. The van der Waals surface area contributed by atoms with Gasteiger partial charge in [-0.2, -0.15) is 0 Å². The smallest absolute Gasteiger partial charge is 0.274 e. The van der Waals surface area contributed by atoms with Gasteiger partial charge in [0.05, 0.1) is 0 Å². The number of amides is 1. The van der Waals surface area contributed by atoms with Crippen LogP contribution in [0.4, 0.5) is 5.69 Å². The molecular formula is C17H19BrN2O. The van der Waals surface area contributed by atoms with E-state index in [1.54, 1.807) is 12.3 Å². The minimum atomic E-state index is -0.183. The summed E-state index contributed by atoms with van der Waals surface area (Å²) in [5.41, 5.74) is 2.39. The number of rotatable bonds is 6. The summed E-state index contributed by atoms with van der Waals surface area (Å²) in [5.74, 6) is -0.183. The molecule has 2 rings (SSSR count). The van der Waals surface area contributed by atoms with Gasteiger partial charge in [0, 0.05) is 16.4 Å². The number of hydrogen-bond acceptors (Lipinski definition) is 2. The molecular weight excluding hydrogens is 328 g/mol. The van der Waals surface area contributed by atoms with Crippen LogP contribution >= 0.6 is 15.9 Å². The van der Waals surface area contributed by atoms with E-state index >= 15 is 0 Å². The second kappa shape index (κ2) is 7.93. The highest BCUT2D eigenvalue weighted by atomic mass is 79.9. The second-order valence-electron chi connectivity index (χ2n) is 4.97. The van der Waals surface area contributed by atoms with E-state index in [1.807, 2.05) is 30.3 Å². The van der Waals surface area contributed by atoms with Crippen molar-refractivity contribution in [2.24, 2.45) is 0 Å². The summed E-state index contributed by atoms with van der Waals surface area (Å²) in [7, 11) is 0. The van der Waals surface area contributed by atoms with Crippen molar-refractivity contribution < 1.29 is 4.79 Å². The Morgan fingerprint density at radius 3 is 2.52 bits per heavy atom. The minimum Gasteiger partial charge on any atom is -0.321 e. The van der Waals surface area contributed by atoms with Gasteiger partial charge in [0.2, 0.25) is 0 Å². The first kappa shape index (κ1) is 15.7. The number of hydrogen-bond donors (Lipinski definition) is 1. The van der Waals surface area contributed by atoms with Gasteiger partial charge in [-0.3, -0.25) is 9.78 Å². The van der Waals surface area contributed by atoms with Crippen LogP contribution in [-0.4, -0.2) is 10.9 Å². The van der Waals surface area contributed by atoms with Gasteiger partial charge in [0.25, 0.3) is 5.91 Å². The second-order valence-corrected chi connectivity index (χ2v) is 5.89. The molecule has 0 saturated heterocycles. The predicted molar refractivity (Wildman–Crippen MR) is 89.6 cm³/mol. The van der Waals surface area contributed by atoms with Gasteiger partial charge in [-0.25, -0.2) is 0 Å². The largest absolute Gasteiger partial charge is 0.321 e. The van der Waals surface area contributed by atoms with E-state index in [9.17, 15) is 4.79 Å². The lowest BCUT2D eigenvalue weighted by molar-refractivity contribution is 0.102. The van der Waals surface area contributed by atoms with Crippen molar-refractivity contribution in [1.82, 2.24) is 4.98 Å². The van der Waals surface area contributed by atoms with Crippen LogP contribution in [-0.2, 0) is 6.42 Å². The molecule has 110 valence electrons. The van der Waals surface area contributed by atoms with Crippen molar-refractivity contribution in [2.45, 2.75) is 32.6 Å². The maximum atomic E-state index is 12.1. The van der Waals surface area contributed by atoms with E-state index in [0.29, 0.717) is 5.69 Å². The summed E-state index contributed by atoms with van der Waals surface area (Å²) in [5, 5.41) is 2.83. The molecule has 1 heterocycles. The molecule has 0 radical (unpaired) electrons. The number of anilines is 1. The van der Waals surface area contributed by atoms with E-state index in [0.717, 1.165) is 16.6 Å². The number of carbonyl (C=O) groups is 1. The number of aromatic nitrogens is 1. The zero-order valence-electron chi connectivity index (χ0n) is 12.1. The molecule has 0 aliphatic carbocycles. The van der Waals surface area contributed by atoms with Gasteiger partial charge in [0.15, 0.2) is 0 Å². The monoisotopic (exact) mass is 346 g/mol. The highest BCUT2D eigenvalue weighted by molar-refractivity contribution is 9.10. The third-order valence-electron chi connectivity index (χ3n) is 3.23. The maximum absolute atomic E-state index is 12.1. The third kappa shape index (κ3) is 4.97. The Kier molecular flexibility index (Phi) is 5.93. The number of carbonyl (C=O) groups excluding carboxylic acids is 1. The molecule has 21 heavy (non-hydrogen) atoms. The molecule has 1 aromatic carbocycles.